The second-order valence-electron chi connectivity index (χ2n) is 6.35. The van der Waals surface area contributed by atoms with Crippen LogP contribution in [-0.2, 0) is 13.1 Å². The second-order valence-corrected chi connectivity index (χ2v) is 6.35. The van der Waals surface area contributed by atoms with Gasteiger partial charge in [0.1, 0.15) is 18.6 Å². The van der Waals surface area contributed by atoms with Crippen LogP contribution in [0, 0.1) is 6.42 Å². The van der Waals surface area contributed by atoms with Gasteiger partial charge in [0.05, 0.1) is 0 Å². The van der Waals surface area contributed by atoms with E-state index in [1.807, 2.05) is 42.8 Å². The maximum atomic E-state index is 10.2. The number of hydrogen-bond acceptors (Lipinski definition) is 4. The maximum absolute atomic E-state index is 10.2. The smallest absolute Gasteiger partial charge is 0.177 e. The first kappa shape index (κ1) is 17.0. The molecule has 0 bridgehead atoms. The summed E-state index contributed by atoms with van der Waals surface area (Å²) in [4.78, 5) is 0. The average molecular weight is 325 g/mol. The summed E-state index contributed by atoms with van der Waals surface area (Å²) in [5.41, 5.74) is 2.36. The molecule has 4 N–H and O–H groups in total. The van der Waals surface area contributed by atoms with Gasteiger partial charge in [0.25, 0.3) is 0 Å². The molecule has 1 aliphatic rings. The molecule has 4 unspecified atom stereocenters. The minimum absolute atomic E-state index is 0.137. The average Bonchev–Trinajstić information content (AvgIpc) is 2.62. The summed E-state index contributed by atoms with van der Waals surface area (Å²) in [7, 11) is 0. The van der Waals surface area contributed by atoms with Crippen molar-refractivity contribution in [2.45, 2.75) is 43.8 Å². The Labute approximate surface area is 143 Å². The van der Waals surface area contributed by atoms with E-state index in [9.17, 15) is 10.2 Å². The SMILES string of the molecule is OC1CC(O)C(NCc2ccccc2)[CH+]C1NCc1ccccc1. The monoisotopic (exact) mass is 325 g/mol. The molecule has 3 rings (SSSR count). The van der Waals surface area contributed by atoms with Gasteiger partial charge in [-0.05, 0) is 11.1 Å². The van der Waals surface area contributed by atoms with E-state index in [0.29, 0.717) is 19.5 Å². The minimum Gasteiger partial charge on any atom is -0.387 e. The van der Waals surface area contributed by atoms with Crippen LogP contribution in [0.15, 0.2) is 60.7 Å². The zero-order valence-electron chi connectivity index (χ0n) is 13.7. The first-order chi connectivity index (χ1) is 11.7. The van der Waals surface area contributed by atoms with E-state index in [1.165, 1.54) is 11.1 Å². The Kier molecular flexibility index (Phi) is 5.88. The molecule has 2 aromatic carbocycles. The molecule has 0 radical (unpaired) electrons. The summed E-state index contributed by atoms with van der Waals surface area (Å²) in [6, 6.07) is 20.0. The van der Waals surface area contributed by atoms with Crippen molar-refractivity contribution >= 4 is 0 Å². The number of aliphatic hydroxyl groups is 2. The molecular formula is C20H25N2O2+. The van der Waals surface area contributed by atoms with Crippen LogP contribution in [0.25, 0.3) is 0 Å². The molecule has 1 aliphatic carbocycles. The molecule has 0 aromatic heterocycles. The number of hydrogen-bond donors (Lipinski definition) is 4. The molecule has 0 saturated heterocycles. The quantitative estimate of drug-likeness (QED) is 0.610. The van der Waals surface area contributed by atoms with E-state index in [-0.39, 0.29) is 12.1 Å². The molecule has 126 valence electrons. The van der Waals surface area contributed by atoms with Crippen LogP contribution in [0.2, 0.25) is 0 Å². The van der Waals surface area contributed by atoms with Crippen LogP contribution in [-0.4, -0.2) is 34.5 Å². The lowest BCUT2D eigenvalue weighted by atomic mass is 9.86. The van der Waals surface area contributed by atoms with Crippen molar-refractivity contribution in [2.24, 2.45) is 0 Å². The topological polar surface area (TPSA) is 64.5 Å². The zero-order chi connectivity index (χ0) is 16.8. The third-order valence-electron chi connectivity index (χ3n) is 4.50. The minimum atomic E-state index is -0.571. The highest BCUT2D eigenvalue weighted by Crippen LogP contribution is 2.20. The van der Waals surface area contributed by atoms with Crippen molar-refractivity contribution in [3.05, 3.63) is 78.2 Å². The normalized spacial score (nSPS) is 26.8. The Hall–Kier alpha value is -1.85. The molecule has 4 heteroatoms. The van der Waals surface area contributed by atoms with Crippen LogP contribution in [0.1, 0.15) is 17.5 Å². The summed E-state index contributed by atoms with van der Waals surface area (Å²) in [6.07, 6.45) is 1.22. The molecule has 0 heterocycles. The largest absolute Gasteiger partial charge is 0.387 e. The van der Waals surface area contributed by atoms with Crippen molar-refractivity contribution in [1.82, 2.24) is 10.6 Å². The Balaban J connectivity index is 1.53. The van der Waals surface area contributed by atoms with Crippen LogP contribution >= 0.6 is 0 Å². The van der Waals surface area contributed by atoms with Gasteiger partial charge < -0.3 is 10.2 Å². The van der Waals surface area contributed by atoms with Crippen molar-refractivity contribution in [3.8, 4) is 0 Å². The highest BCUT2D eigenvalue weighted by molar-refractivity contribution is 5.17. The standard InChI is InChI=1S/C20H25N2O2/c23-19-12-20(24)18(22-14-16-9-5-2-6-10-16)11-17(19)21-13-15-7-3-1-4-8-15/h1-11,17-24H,12-14H2/q+1. The van der Waals surface area contributed by atoms with Crippen molar-refractivity contribution in [1.29, 1.82) is 0 Å². The molecule has 0 amide bonds. The van der Waals surface area contributed by atoms with E-state index in [2.05, 4.69) is 34.9 Å². The van der Waals surface area contributed by atoms with E-state index in [0.717, 1.165) is 0 Å². The fraction of sp³-hybridized carbons (Fsp3) is 0.350. The van der Waals surface area contributed by atoms with E-state index < -0.39 is 12.2 Å². The van der Waals surface area contributed by atoms with Crippen LogP contribution < -0.4 is 10.6 Å². The highest BCUT2D eigenvalue weighted by atomic mass is 16.3. The Bertz CT molecular complexity index is 552. The van der Waals surface area contributed by atoms with Gasteiger partial charge in [-0.15, -0.1) is 0 Å². The van der Waals surface area contributed by atoms with Crippen molar-refractivity contribution in [3.63, 3.8) is 0 Å². The molecule has 0 spiro atoms. The van der Waals surface area contributed by atoms with Crippen molar-refractivity contribution < 1.29 is 10.2 Å². The van der Waals surface area contributed by atoms with Gasteiger partial charge >= 0.3 is 0 Å². The summed E-state index contributed by atoms with van der Waals surface area (Å²) in [6.45, 7) is 1.39. The Morgan fingerprint density at radius 1 is 0.750 bits per heavy atom. The van der Waals surface area contributed by atoms with Crippen LogP contribution in [0.4, 0.5) is 0 Å². The summed E-state index contributed by atoms with van der Waals surface area (Å²) >= 11 is 0. The molecule has 24 heavy (non-hydrogen) atoms. The predicted octanol–water partition coefficient (Wildman–Crippen LogP) is 1.63. The number of benzene rings is 2. The molecular weight excluding hydrogens is 300 g/mol. The molecule has 4 atom stereocenters. The lowest BCUT2D eigenvalue weighted by molar-refractivity contribution is 0.0195. The van der Waals surface area contributed by atoms with Gasteiger partial charge in [0, 0.05) is 19.5 Å². The number of aliphatic hydroxyl groups excluding tert-OH is 2. The van der Waals surface area contributed by atoms with Gasteiger partial charge in [-0.2, -0.15) is 0 Å². The van der Waals surface area contributed by atoms with Gasteiger partial charge in [0.15, 0.2) is 12.1 Å². The van der Waals surface area contributed by atoms with Gasteiger partial charge in [-0.25, -0.2) is 0 Å². The Morgan fingerprint density at radius 2 is 1.17 bits per heavy atom. The molecule has 0 aliphatic heterocycles. The highest BCUT2D eigenvalue weighted by Gasteiger charge is 2.42. The van der Waals surface area contributed by atoms with Gasteiger partial charge in [0.2, 0.25) is 0 Å². The second kappa shape index (κ2) is 8.31. The molecule has 1 fully saturated rings. The molecule has 4 nitrogen and oxygen atoms in total. The van der Waals surface area contributed by atoms with Crippen LogP contribution in [0.5, 0.6) is 0 Å². The number of nitrogens with one attached hydrogen (secondary N) is 2. The molecule has 1 saturated carbocycles. The van der Waals surface area contributed by atoms with Gasteiger partial charge in [-0.3, -0.25) is 10.6 Å². The molecule has 2 aromatic rings. The first-order valence-electron chi connectivity index (χ1n) is 8.48. The van der Waals surface area contributed by atoms with Crippen molar-refractivity contribution in [2.75, 3.05) is 0 Å². The third kappa shape index (κ3) is 4.58. The number of rotatable bonds is 6. The summed E-state index contributed by atoms with van der Waals surface area (Å²) < 4.78 is 0. The first-order valence-corrected chi connectivity index (χ1v) is 8.48. The lowest BCUT2D eigenvalue weighted by Gasteiger charge is -2.31. The zero-order valence-corrected chi connectivity index (χ0v) is 13.7. The van der Waals surface area contributed by atoms with E-state index in [1.54, 1.807) is 0 Å². The maximum Gasteiger partial charge on any atom is 0.177 e. The fourth-order valence-electron chi connectivity index (χ4n) is 3.09. The summed E-state index contributed by atoms with van der Waals surface area (Å²) in [5, 5.41) is 27.2. The Morgan fingerprint density at radius 3 is 1.58 bits per heavy atom. The van der Waals surface area contributed by atoms with E-state index in [4.69, 9.17) is 0 Å². The van der Waals surface area contributed by atoms with E-state index >= 15 is 0 Å². The van der Waals surface area contributed by atoms with Gasteiger partial charge in [-0.1, -0.05) is 60.7 Å². The van der Waals surface area contributed by atoms with Crippen LogP contribution in [0.3, 0.4) is 0 Å². The fourth-order valence-corrected chi connectivity index (χ4v) is 3.09. The predicted molar refractivity (Wildman–Crippen MR) is 95.1 cm³/mol. The lowest BCUT2D eigenvalue weighted by Crippen LogP contribution is -2.55. The summed E-state index contributed by atoms with van der Waals surface area (Å²) in [5.74, 6) is 0. The third-order valence-corrected chi connectivity index (χ3v) is 4.50.